The maximum atomic E-state index is 13.0. The molecule has 3 heterocycles. The minimum Gasteiger partial charge on any atom is -0.361 e. The van der Waals surface area contributed by atoms with Crippen LogP contribution in [-0.2, 0) is 0 Å². The molecule has 1 amide bonds. The number of fused-ring (bicyclic) bond motifs is 1. The summed E-state index contributed by atoms with van der Waals surface area (Å²) in [5, 5.41) is 4.55. The second-order valence-corrected chi connectivity index (χ2v) is 6.58. The lowest BCUT2D eigenvalue weighted by Crippen LogP contribution is -2.31. The van der Waals surface area contributed by atoms with E-state index in [9.17, 15) is 4.79 Å². The van der Waals surface area contributed by atoms with Gasteiger partial charge >= 0.3 is 0 Å². The first kappa shape index (κ1) is 15.2. The molecule has 1 aliphatic rings. The Balaban J connectivity index is 1.70. The van der Waals surface area contributed by atoms with Gasteiger partial charge in [-0.2, -0.15) is 0 Å². The van der Waals surface area contributed by atoms with E-state index in [4.69, 9.17) is 16.1 Å². The zero-order valence-corrected chi connectivity index (χ0v) is 14.2. The van der Waals surface area contributed by atoms with Gasteiger partial charge in [0.25, 0.3) is 5.91 Å². The first-order valence-electron chi connectivity index (χ1n) is 7.93. The molecule has 1 atom stereocenters. The van der Waals surface area contributed by atoms with Crippen molar-refractivity contribution in [3.05, 3.63) is 46.1 Å². The monoisotopic (exact) mass is 344 g/mol. The SMILES string of the molecule is Cc1noc(C)c1C(=O)N1CCC[C@H]1c1nc2ccc(Cl)cc2[nH]1. The lowest BCUT2D eigenvalue weighted by molar-refractivity contribution is 0.0728. The highest BCUT2D eigenvalue weighted by Crippen LogP contribution is 2.33. The maximum absolute atomic E-state index is 13.0. The van der Waals surface area contributed by atoms with E-state index in [1.54, 1.807) is 13.8 Å². The van der Waals surface area contributed by atoms with Crippen LogP contribution >= 0.6 is 11.6 Å². The van der Waals surface area contributed by atoms with Crippen LogP contribution in [0.4, 0.5) is 0 Å². The second-order valence-electron chi connectivity index (χ2n) is 6.14. The molecule has 2 aromatic heterocycles. The lowest BCUT2D eigenvalue weighted by atomic mass is 10.1. The molecule has 24 heavy (non-hydrogen) atoms. The van der Waals surface area contributed by atoms with Gasteiger partial charge in [0.05, 0.1) is 22.8 Å². The van der Waals surface area contributed by atoms with Crippen molar-refractivity contribution >= 4 is 28.5 Å². The predicted molar refractivity (Wildman–Crippen MR) is 90.1 cm³/mol. The Bertz CT molecular complexity index is 910. The highest BCUT2D eigenvalue weighted by molar-refractivity contribution is 6.31. The third-order valence-electron chi connectivity index (χ3n) is 4.54. The van der Waals surface area contributed by atoms with Crippen molar-refractivity contribution in [2.45, 2.75) is 32.7 Å². The number of nitrogens with one attached hydrogen (secondary N) is 1. The smallest absolute Gasteiger partial charge is 0.259 e. The van der Waals surface area contributed by atoms with Crippen molar-refractivity contribution in [1.82, 2.24) is 20.0 Å². The summed E-state index contributed by atoms with van der Waals surface area (Å²) >= 11 is 6.04. The standard InChI is InChI=1S/C17H17ClN4O2/c1-9-15(10(2)24-21-9)17(23)22-7-3-4-14(22)16-19-12-6-5-11(18)8-13(12)20-16/h5-6,8,14H,3-4,7H2,1-2H3,(H,19,20)/t14-/m0/s1. The average Bonchev–Trinajstić information content (AvgIpc) is 3.24. The van der Waals surface area contributed by atoms with E-state index in [0.717, 1.165) is 29.7 Å². The number of hydrogen-bond acceptors (Lipinski definition) is 4. The van der Waals surface area contributed by atoms with Gasteiger partial charge in [-0.1, -0.05) is 16.8 Å². The first-order valence-corrected chi connectivity index (χ1v) is 8.31. The van der Waals surface area contributed by atoms with Crippen LogP contribution in [0.25, 0.3) is 11.0 Å². The number of carbonyl (C=O) groups is 1. The first-order chi connectivity index (χ1) is 11.5. The number of imidazole rings is 1. The molecular formula is C17H17ClN4O2. The maximum Gasteiger partial charge on any atom is 0.259 e. The van der Waals surface area contributed by atoms with Crippen molar-refractivity contribution in [1.29, 1.82) is 0 Å². The van der Waals surface area contributed by atoms with E-state index < -0.39 is 0 Å². The third-order valence-corrected chi connectivity index (χ3v) is 4.77. The van der Waals surface area contributed by atoms with Crippen molar-refractivity contribution in [3.63, 3.8) is 0 Å². The van der Waals surface area contributed by atoms with Gasteiger partial charge in [-0.3, -0.25) is 4.79 Å². The van der Waals surface area contributed by atoms with Gasteiger partial charge in [0.2, 0.25) is 0 Å². The molecule has 6 nitrogen and oxygen atoms in total. The average molecular weight is 345 g/mol. The Kier molecular flexibility index (Phi) is 3.57. The fourth-order valence-electron chi connectivity index (χ4n) is 3.39. The summed E-state index contributed by atoms with van der Waals surface area (Å²) in [7, 11) is 0. The quantitative estimate of drug-likeness (QED) is 0.767. The number of hydrogen-bond donors (Lipinski definition) is 1. The van der Waals surface area contributed by atoms with Crippen molar-refractivity contribution < 1.29 is 9.32 Å². The number of likely N-dealkylation sites (tertiary alicyclic amines) is 1. The Morgan fingerprint density at radius 2 is 2.25 bits per heavy atom. The molecule has 1 fully saturated rings. The number of rotatable bonds is 2. The minimum atomic E-state index is -0.0719. The summed E-state index contributed by atoms with van der Waals surface area (Å²) in [6.07, 6.45) is 1.82. The minimum absolute atomic E-state index is 0.0489. The van der Waals surface area contributed by atoms with Crippen LogP contribution in [0.3, 0.4) is 0 Å². The molecule has 0 saturated carbocycles. The number of benzene rings is 1. The van der Waals surface area contributed by atoms with Gasteiger partial charge in [0.1, 0.15) is 17.1 Å². The van der Waals surface area contributed by atoms with Gasteiger partial charge < -0.3 is 14.4 Å². The summed E-state index contributed by atoms with van der Waals surface area (Å²) < 4.78 is 5.14. The van der Waals surface area contributed by atoms with E-state index in [1.807, 2.05) is 23.1 Å². The molecular weight excluding hydrogens is 328 g/mol. The molecule has 1 saturated heterocycles. The summed E-state index contributed by atoms with van der Waals surface area (Å²) in [4.78, 5) is 22.8. The number of H-pyrrole nitrogens is 1. The van der Waals surface area contributed by atoms with Crippen LogP contribution in [0.2, 0.25) is 5.02 Å². The van der Waals surface area contributed by atoms with Crippen LogP contribution in [0.15, 0.2) is 22.7 Å². The number of aromatic amines is 1. The Morgan fingerprint density at radius 1 is 1.42 bits per heavy atom. The van der Waals surface area contributed by atoms with Crippen LogP contribution < -0.4 is 0 Å². The molecule has 1 N–H and O–H groups in total. The van der Waals surface area contributed by atoms with Gasteiger partial charge in [-0.25, -0.2) is 4.98 Å². The largest absolute Gasteiger partial charge is 0.361 e. The molecule has 4 rings (SSSR count). The number of nitrogens with zero attached hydrogens (tertiary/aromatic N) is 3. The Morgan fingerprint density at radius 3 is 3.00 bits per heavy atom. The number of halogens is 1. The highest BCUT2D eigenvalue weighted by Gasteiger charge is 2.35. The van der Waals surface area contributed by atoms with E-state index in [2.05, 4.69) is 15.1 Å². The number of carbonyl (C=O) groups excluding carboxylic acids is 1. The molecule has 0 aliphatic carbocycles. The summed E-state index contributed by atoms with van der Waals surface area (Å²) in [6.45, 7) is 4.25. The zero-order chi connectivity index (χ0) is 16.8. The second kappa shape index (κ2) is 5.63. The summed E-state index contributed by atoms with van der Waals surface area (Å²) in [6, 6.07) is 5.48. The number of aryl methyl sites for hydroxylation is 2. The molecule has 124 valence electrons. The topological polar surface area (TPSA) is 75.0 Å². The third kappa shape index (κ3) is 2.38. The van der Waals surface area contributed by atoms with Crippen LogP contribution in [0, 0.1) is 13.8 Å². The van der Waals surface area contributed by atoms with E-state index in [1.165, 1.54) is 0 Å². The van der Waals surface area contributed by atoms with Gasteiger partial charge in [0.15, 0.2) is 0 Å². The molecule has 0 spiro atoms. The van der Waals surface area contributed by atoms with Crippen LogP contribution in [0.1, 0.15) is 46.5 Å². The molecule has 0 unspecified atom stereocenters. The van der Waals surface area contributed by atoms with Gasteiger partial charge in [0, 0.05) is 11.6 Å². The molecule has 1 aromatic carbocycles. The van der Waals surface area contributed by atoms with Crippen molar-refractivity contribution in [2.24, 2.45) is 0 Å². The lowest BCUT2D eigenvalue weighted by Gasteiger charge is -2.23. The molecule has 7 heteroatoms. The van der Waals surface area contributed by atoms with Crippen molar-refractivity contribution in [2.75, 3.05) is 6.54 Å². The van der Waals surface area contributed by atoms with Crippen LogP contribution in [-0.4, -0.2) is 32.5 Å². The van der Waals surface area contributed by atoms with Crippen molar-refractivity contribution in [3.8, 4) is 0 Å². The molecule has 0 bridgehead atoms. The molecule has 3 aromatic rings. The molecule has 0 radical (unpaired) electrons. The fourth-order valence-corrected chi connectivity index (χ4v) is 3.56. The molecule has 1 aliphatic heterocycles. The van der Waals surface area contributed by atoms with Gasteiger partial charge in [-0.15, -0.1) is 0 Å². The summed E-state index contributed by atoms with van der Waals surface area (Å²) in [5.74, 6) is 1.30. The number of amides is 1. The normalized spacial score (nSPS) is 17.8. The Labute approximate surface area is 143 Å². The number of aromatic nitrogens is 3. The van der Waals surface area contributed by atoms with Gasteiger partial charge in [-0.05, 0) is 44.9 Å². The van der Waals surface area contributed by atoms with E-state index in [-0.39, 0.29) is 11.9 Å². The van der Waals surface area contributed by atoms with Crippen LogP contribution in [0.5, 0.6) is 0 Å². The predicted octanol–water partition coefficient (Wildman–Crippen LogP) is 3.80. The fraction of sp³-hybridized carbons (Fsp3) is 0.353. The highest BCUT2D eigenvalue weighted by atomic mass is 35.5. The Hall–Kier alpha value is -2.34. The summed E-state index contributed by atoms with van der Waals surface area (Å²) in [5.41, 5.74) is 2.92. The van der Waals surface area contributed by atoms with E-state index in [0.29, 0.717) is 28.6 Å². The van der Waals surface area contributed by atoms with E-state index >= 15 is 0 Å². The zero-order valence-electron chi connectivity index (χ0n) is 13.5.